The minimum Gasteiger partial charge on any atom is -0.460 e. The lowest BCUT2D eigenvalue weighted by Gasteiger charge is -2.25. The zero-order valence-electron chi connectivity index (χ0n) is 17.9. The average molecular weight is 453 g/mol. The zero-order chi connectivity index (χ0) is 24.3. The van der Waals surface area contributed by atoms with Gasteiger partial charge in [-0.2, -0.15) is 0 Å². The van der Waals surface area contributed by atoms with Crippen LogP contribution < -0.4 is 5.32 Å². The molecule has 174 valence electrons. The van der Waals surface area contributed by atoms with E-state index in [4.69, 9.17) is 9.47 Å². The highest BCUT2D eigenvalue weighted by Gasteiger charge is 2.33. The Morgan fingerprint density at radius 3 is 1.61 bits per heavy atom. The van der Waals surface area contributed by atoms with Crippen LogP contribution >= 0.6 is 0 Å². The molecule has 1 aromatic carbocycles. The van der Waals surface area contributed by atoms with E-state index in [0.717, 1.165) is 0 Å². The summed E-state index contributed by atoms with van der Waals surface area (Å²) in [5.41, 5.74) is -3.63. The lowest BCUT2D eigenvalue weighted by atomic mass is 10.1. The third kappa shape index (κ3) is 7.48. The largest absolute Gasteiger partial charge is 0.460 e. The van der Waals surface area contributed by atoms with Crippen LogP contribution in [0.3, 0.4) is 0 Å². The molecule has 6 nitrogen and oxygen atoms in total. The van der Waals surface area contributed by atoms with Gasteiger partial charge >= 0.3 is 11.9 Å². The molecule has 0 saturated carbocycles. The second kappa shape index (κ2) is 9.61. The van der Waals surface area contributed by atoms with Gasteiger partial charge in [-0.15, -0.1) is 0 Å². The van der Waals surface area contributed by atoms with Gasteiger partial charge in [-0.05, 0) is 48.0 Å². The normalized spacial score (nSPS) is 12.9. The Morgan fingerprint density at radius 2 is 1.19 bits per heavy atom. The molecule has 0 aromatic heterocycles. The number of hydrogen-bond acceptors (Lipinski definition) is 5. The highest BCUT2D eigenvalue weighted by Crippen LogP contribution is 2.23. The van der Waals surface area contributed by atoms with E-state index in [1.54, 1.807) is 20.8 Å². The average Bonchev–Trinajstić information content (AvgIpc) is 2.58. The standard InChI is InChI=1S/C20H24F5NO5/c1-19(2,3)30-10(27)8-7-9(18(29)31-20(4,5)6)26-17(28)11-12(21)14(23)16(25)15(24)13(11)22/h9H,7-8H2,1-6H3,(H,26,28)/t9-/m0/s1. The van der Waals surface area contributed by atoms with E-state index in [1.807, 2.05) is 5.32 Å². The van der Waals surface area contributed by atoms with Crippen LogP contribution in [0.5, 0.6) is 0 Å². The number of benzene rings is 1. The van der Waals surface area contributed by atoms with Crippen molar-refractivity contribution in [1.82, 2.24) is 5.32 Å². The number of amides is 1. The summed E-state index contributed by atoms with van der Waals surface area (Å²) < 4.78 is 78.0. The van der Waals surface area contributed by atoms with E-state index < -0.39 is 82.6 Å². The maximum Gasteiger partial charge on any atom is 0.329 e. The van der Waals surface area contributed by atoms with Crippen molar-refractivity contribution >= 4 is 17.8 Å². The Bertz CT molecular complexity index is 845. The first kappa shape index (κ1) is 26.3. The molecule has 1 amide bonds. The first-order valence-corrected chi connectivity index (χ1v) is 9.21. The van der Waals surface area contributed by atoms with Crippen molar-refractivity contribution in [2.24, 2.45) is 0 Å². The van der Waals surface area contributed by atoms with E-state index in [-0.39, 0.29) is 0 Å². The molecule has 0 fully saturated rings. The third-order valence-corrected chi connectivity index (χ3v) is 3.49. The minimum absolute atomic E-state index is 0.404. The van der Waals surface area contributed by atoms with Crippen LogP contribution in [-0.4, -0.2) is 35.1 Å². The summed E-state index contributed by atoms with van der Waals surface area (Å²) in [6.07, 6.45) is -0.816. The molecule has 11 heteroatoms. The van der Waals surface area contributed by atoms with Crippen molar-refractivity contribution in [1.29, 1.82) is 0 Å². The van der Waals surface area contributed by atoms with Crippen LogP contribution in [0, 0.1) is 29.1 Å². The van der Waals surface area contributed by atoms with Crippen molar-refractivity contribution in [3.8, 4) is 0 Å². The molecular formula is C20H24F5NO5. The maximum atomic E-state index is 13.9. The van der Waals surface area contributed by atoms with Crippen molar-refractivity contribution in [2.45, 2.75) is 71.6 Å². The van der Waals surface area contributed by atoms with Crippen LogP contribution in [0.15, 0.2) is 0 Å². The number of carbonyl (C=O) groups is 3. The number of hydrogen-bond donors (Lipinski definition) is 1. The molecule has 0 saturated heterocycles. The summed E-state index contributed by atoms with van der Waals surface area (Å²) in [5.74, 6) is -15.3. The van der Waals surface area contributed by atoms with Crippen LogP contribution in [0.1, 0.15) is 64.7 Å². The Hall–Kier alpha value is -2.72. The number of ether oxygens (including phenoxy) is 2. The molecule has 1 atom stereocenters. The van der Waals surface area contributed by atoms with E-state index in [2.05, 4.69) is 0 Å². The quantitative estimate of drug-likeness (QED) is 0.305. The number of nitrogens with one attached hydrogen (secondary N) is 1. The Balaban J connectivity index is 3.16. The number of halogens is 5. The van der Waals surface area contributed by atoms with Crippen molar-refractivity contribution < 1.29 is 45.8 Å². The molecule has 0 spiro atoms. The molecule has 1 N–H and O–H groups in total. The summed E-state index contributed by atoms with van der Waals surface area (Å²) in [6.45, 7) is 9.30. The summed E-state index contributed by atoms with van der Waals surface area (Å²) in [6, 6.07) is -1.63. The van der Waals surface area contributed by atoms with Crippen LogP contribution in [0.25, 0.3) is 0 Å². The van der Waals surface area contributed by atoms with E-state index in [1.165, 1.54) is 20.8 Å². The number of rotatable bonds is 6. The van der Waals surface area contributed by atoms with Crippen molar-refractivity contribution in [3.05, 3.63) is 34.6 Å². The fourth-order valence-corrected chi connectivity index (χ4v) is 2.31. The monoisotopic (exact) mass is 453 g/mol. The number of carbonyl (C=O) groups excluding carboxylic acids is 3. The molecule has 0 bridgehead atoms. The molecule has 1 aromatic rings. The Morgan fingerprint density at radius 1 is 0.774 bits per heavy atom. The van der Waals surface area contributed by atoms with Gasteiger partial charge in [0.15, 0.2) is 23.3 Å². The highest BCUT2D eigenvalue weighted by atomic mass is 19.2. The fraction of sp³-hybridized carbons (Fsp3) is 0.550. The zero-order valence-corrected chi connectivity index (χ0v) is 17.9. The molecular weight excluding hydrogens is 429 g/mol. The van der Waals surface area contributed by atoms with Crippen LogP contribution in [0.4, 0.5) is 22.0 Å². The smallest absolute Gasteiger partial charge is 0.329 e. The molecule has 0 heterocycles. The highest BCUT2D eigenvalue weighted by molar-refractivity contribution is 5.97. The molecule has 0 aliphatic carbocycles. The van der Waals surface area contributed by atoms with Gasteiger partial charge in [0.05, 0.1) is 0 Å². The van der Waals surface area contributed by atoms with Gasteiger partial charge in [-0.1, -0.05) is 0 Å². The topological polar surface area (TPSA) is 81.7 Å². The molecule has 0 aliphatic rings. The van der Waals surface area contributed by atoms with Gasteiger partial charge in [0.25, 0.3) is 5.91 Å². The minimum atomic E-state index is -2.43. The van der Waals surface area contributed by atoms with Gasteiger partial charge in [0.2, 0.25) is 5.82 Å². The lowest BCUT2D eigenvalue weighted by Crippen LogP contribution is -2.45. The number of esters is 2. The SMILES string of the molecule is CC(C)(C)OC(=O)CC[C@H](NC(=O)c1c(F)c(F)c(F)c(F)c1F)C(=O)OC(C)(C)C. The summed E-state index contributed by atoms with van der Waals surface area (Å²) in [5, 5.41) is 1.87. The molecule has 0 radical (unpaired) electrons. The van der Waals surface area contributed by atoms with E-state index in [9.17, 15) is 36.3 Å². The van der Waals surface area contributed by atoms with E-state index in [0.29, 0.717) is 0 Å². The van der Waals surface area contributed by atoms with Gasteiger partial charge in [0, 0.05) is 6.42 Å². The second-order valence-electron chi connectivity index (χ2n) is 8.63. The van der Waals surface area contributed by atoms with Crippen molar-refractivity contribution in [3.63, 3.8) is 0 Å². The summed E-state index contributed by atoms with van der Waals surface area (Å²) in [4.78, 5) is 36.6. The van der Waals surface area contributed by atoms with Crippen molar-refractivity contribution in [2.75, 3.05) is 0 Å². The third-order valence-electron chi connectivity index (χ3n) is 3.49. The summed E-state index contributed by atoms with van der Waals surface area (Å²) in [7, 11) is 0. The molecule has 1 rings (SSSR count). The van der Waals surface area contributed by atoms with Gasteiger partial charge in [-0.3, -0.25) is 9.59 Å². The van der Waals surface area contributed by atoms with Gasteiger partial charge in [-0.25, -0.2) is 26.7 Å². The van der Waals surface area contributed by atoms with Crippen LogP contribution in [-0.2, 0) is 19.1 Å². The van der Waals surface area contributed by atoms with Gasteiger partial charge < -0.3 is 14.8 Å². The van der Waals surface area contributed by atoms with E-state index >= 15 is 0 Å². The molecule has 31 heavy (non-hydrogen) atoms. The maximum absolute atomic E-state index is 13.9. The lowest BCUT2D eigenvalue weighted by molar-refractivity contribution is -0.158. The Labute approximate surface area is 176 Å². The predicted octanol–water partition coefficient (Wildman–Crippen LogP) is 3.94. The first-order valence-electron chi connectivity index (χ1n) is 9.21. The molecule has 0 unspecified atom stereocenters. The molecule has 0 aliphatic heterocycles. The second-order valence-corrected chi connectivity index (χ2v) is 8.63. The van der Waals surface area contributed by atoms with Gasteiger partial charge in [0.1, 0.15) is 22.8 Å². The summed E-state index contributed by atoms with van der Waals surface area (Å²) >= 11 is 0. The predicted molar refractivity (Wildman–Crippen MR) is 98.4 cm³/mol. The first-order chi connectivity index (χ1) is 13.9. The van der Waals surface area contributed by atoms with Crippen LogP contribution in [0.2, 0.25) is 0 Å². The Kier molecular flexibility index (Phi) is 8.16. The fourth-order valence-electron chi connectivity index (χ4n) is 2.31.